The van der Waals surface area contributed by atoms with Crippen LogP contribution in [0.1, 0.15) is 18.4 Å². The lowest BCUT2D eigenvalue weighted by molar-refractivity contribution is 0.533. The molecule has 1 atom stereocenters. The van der Waals surface area contributed by atoms with E-state index in [0.29, 0.717) is 33.9 Å². The Morgan fingerprint density at radius 1 is 1.15 bits per heavy atom. The van der Waals surface area contributed by atoms with Gasteiger partial charge in [0.25, 0.3) is 5.56 Å². The van der Waals surface area contributed by atoms with Crippen LogP contribution < -0.4 is 10.9 Å². The average molecular weight is 469 g/mol. The molecule has 4 aromatic rings. The number of fused-ring (bicyclic) bond motifs is 1. The molecule has 0 spiro atoms. The minimum absolute atomic E-state index is 0.0541. The summed E-state index contributed by atoms with van der Waals surface area (Å²) in [5, 5.41) is 11.6. The summed E-state index contributed by atoms with van der Waals surface area (Å²) in [6.45, 7) is 5.38. The Bertz CT molecular complexity index is 1520. The van der Waals surface area contributed by atoms with Gasteiger partial charge in [-0.05, 0) is 43.2 Å². The molecule has 172 valence electrons. The molecule has 0 saturated carbocycles. The van der Waals surface area contributed by atoms with E-state index >= 15 is 0 Å². The molecule has 3 aromatic heterocycles. The van der Waals surface area contributed by atoms with E-state index < -0.39 is 9.84 Å². The molecule has 33 heavy (non-hydrogen) atoms. The van der Waals surface area contributed by atoms with E-state index in [1.54, 1.807) is 33.2 Å². The minimum Gasteiger partial charge on any atom is -0.421 e. The second-order valence-electron chi connectivity index (χ2n) is 8.19. The van der Waals surface area contributed by atoms with Gasteiger partial charge in [0.1, 0.15) is 15.5 Å². The Morgan fingerprint density at radius 2 is 1.91 bits per heavy atom. The van der Waals surface area contributed by atoms with Crippen LogP contribution in [0.15, 0.2) is 39.7 Å². The molecule has 1 aromatic carbocycles. The molecule has 10 nitrogen and oxygen atoms in total. The highest BCUT2D eigenvalue weighted by Crippen LogP contribution is 2.28. The van der Waals surface area contributed by atoms with Crippen LogP contribution in [-0.4, -0.2) is 51.2 Å². The highest BCUT2D eigenvalue weighted by Gasteiger charge is 2.16. The maximum absolute atomic E-state index is 13.3. The summed E-state index contributed by atoms with van der Waals surface area (Å²) < 4.78 is 30.0. The van der Waals surface area contributed by atoms with Crippen LogP contribution in [0, 0.1) is 13.8 Å². The van der Waals surface area contributed by atoms with Crippen molar-refractivity contribution < 1.29 is 12.8 Å². The van der Waals surface area contributed by atoms with Crippen molar-refractivity contribution in [3.05, 3.63) is 52.3 Å². The van der Waals surface area contributed by atoms with Gasteiger partial charge >= 0.3 is 0 Å². The van der Waals surface area contributed by atoms with E-state index in [1.807, 2.05) is 25.1 Å². The molecule has 0 unspecified atom stereocenters. The van der Waals surface area contributed by atoms with Crippen LogP contribution in [-0.2, 0) is 16.9 Å². The van der Waals surface area contributed by atoms with Crippen LogP contribution in [0.4, 0.5) is 5.95 Å². The van der Waals surface area contributed by atoms with Gasteiger partial charge in [-0.15, -0.1) is 10.2 Å². The molecule has 1 N–H and O–H groups in total. The van der Waals surface area contributed by atoms with Crippen LogP contribution in [0.3, 0.4) is 0 Å². The fraction of sp³-hybridized carbons (Fsp3) is 0.318. The SMILES string of the molecule is Cc1nnc(-c2ccc(C)c(-c3cc4cnc(N[C@H](C)CS(C)(=O)=O)nc4n(C)c3=O)c2)o1. The number of hydrogen-bond acceptors (Lipinski definition) is 9. The van der Waals surface area contributed by atoms with Gasteiger partial charge in [0.15, 0.2) is 0 Å². The molecule has 0 radical (unpaired) electrons. The zero-order valence-electron chi connectivity index (χ0n) is 18.9. The number of pyridine rings is 1. The average Bonchev–Trinajstić information content (AvgIpc) is 3.16. The lowest BCUT2D eigenvalue weighted by Gasteiger charge is -2.14. The summed E-state index contributed by atoms with van der Waals surface area (Å²) in [6.07, 6.45) is 2.79. The third kappa shape index (κ3) is 4.77. The number of nitrogens with one attached hydrogen (secondary N) is 1. The summed E-state index contributed by atoms with van der Waals surface area (Å²) in [7, 11) is -1.51. The number of hydrogen-bond donors (Lipinski definition) is 1. The molecule has 0 saturated heterocycles. The molecule has 0 aliphatic carbocycles. The normalized spacial score (nSPS) is 12.8. The Balaban J connectivity index is 1.76. The van der Waals surface area contributed by atoms with E-state index in [9.17, 15) is 13.2 Å². The summed E-state index contributed by atoms with van der Waals surface area (Å²) >= 11 is 0. The maximum Gasteiger partial charge on any atom is 0.259 e. The summed E-state index contributed by atoms with van der Waals surface area (Å²) in [5.41, 5.74) is 3.09. The van der Waals surface area contributed by atoms with Crippen LogP contribution in [0.5, 0.6) is 0 Å². The predicted molar refractivity (Wildman–Crippen MR) is 126 cm³/mol. The number of sulfone groups is 1. The highest BCUT2D eigenvalue weighted by atomic mass is 32.2. The molecule has 0 amide bonds. The Kier molecular flexibility index (Phi) is 5.75. The number of aromatic nitrogens is 5. The number of aryl methyl sites for hydroxylation is 3. The third-order valence-corrected chi connectivity index (χ3v) is 6.28. The standard InChI is InChI=1S/C22H24N6O4S/c1-12-6-7-15(20-27-26-14(3)32-20)8-17(12)18-9-16-10-23-22(24-13(2)11-33(5,30)31)25-19(16)28(4)21(18)29/h6-10,13H,11H2,1-5H3,(H,23,24,25)/t13-/m1/s1. The molecule has 4 rings (SSSR count). The minimum atomic E-state index is -3.15. The Morgan fingerprint density at radius 3 is 2.58 bits per heavy atom. The fourth-order valence-electron chi connectivity index (χ4n) is 3.68. The van der Waals surface area contributed by atoms with Crippen molar-refractivity contribution in [3.63, 3.8) is 0 Å². The molecule has 0 aliphatic heterocycles. The number of benzene rings is 1. The van der Waals surface area contributed by atoms with E-state index in [1.165, 1.54) is 10.8 Å². The largest absolute Gasteiger partial charge is 0.421 e. The predicted octanol–water partition coefficient (Wildman–Crippen LogP) is 2.51. The summed E-state index contributed by atoms with van der Waals surface area (Å²) in [4.78, 5) is 22.0. The zero-order chi connectivity index (χ0) is 23.9. The van der Waals surface area contributed by atoms with Crippen LogP contribution in [0.2, 0.25) is 0 Å². The van der Waals surface area contributed by atoms with Crippen LogP contribution >= 0.6 is 0 Å². The number of nitrogens with zero attached hydrogens (tertiary/aromatic N) is 5. The zero-order valence-corrected chi connectivity index (χ0v) is 19.8. The quantitative estimate of drug-likeness (QED) is 0.453. The monoisotopic (exact) mass is 468 g/mol. The Labute approximate surface area is 190 Å². The third-order valence-electron chi connectivity index (χ3n) is 5.18. The molecule has 0 bridgehead atoms. The first-order valence-electron chi connectivity index (χ1n) is 10.2. The first-order valence-corrected chi connectivity index (χ1v) is 12.3. The second kappa shape index (κ2) is 8.39. The topological polar surface area (TPSA) is 133 Å². The Hall–Kier alpha value is -3.60. The highest BCUT2D eigenvalue weighted by molar-refractivity contribution is 7.90. The fourth-order valence-corrected chi connectivity index (χ4v) is 4.68. The summed E-state index contributed by atoms with van der Waals surface area (Å²) in [5.74, 6) is 1.04. The van der Waals surface area contributed by atoms with Crippen molar-refractivity contribution in [1.29, 1.82) is 0 Å². The van der Waals surface area contributed by atoms with E-state index in [2.05, 4.69) is 25.5 Å². The van der Waals surface area contributed by atoms with Crippen LogP contribution in [0.25, 0.3) is 33.6 Å². The molecular weight excluding hydrogens is 444 g/mol. The lowest BCUT2D eigenvalue weighted by atomic mass is 9.98. The van der Waals surface area contributed by atoms with E-state index in [4.69, 9.17) is 4.42 Å². The van der Waals surface area contributed by atoms with Crippen molar-refractivity contribution in [3.8, 4) is 22.6 Å². The first-order chi connectivity index (χ1) is 15.5. The van der Waals surface area contributed by atoms with Gasteiger partial charge in [-0.2, -0.15) is 4.98 Å². The smallest absolute Gasteiger partial charge is 0.259 e. The van der Waals surface area contributed by atoms with E-state index in [0.717, 1.165) is 11.1 Å². The first kappa shape index (κ1) is 22.6. The van der Waals surface area contributed by atoms with Gasteiger partial charge in [-0.25, -0.2) is 13.4 Å². The van der Waals surface area contributed by atoms with Gasteiger partial charge < -0.3 is 9.73 Å². The van der Waals surface area contributed by atoms with Crippen molar-refractivity contribution in [2.45, 2.75) is 26.8 Å². The van der Waals surface area contributed by atoms with Gasteiger partial charge in [-0.1, -0.05) is 6.07 Å². The van der Waals surface area contributed by atoms with Gasteiger partial charge in [0.05, 0.1) is 5.75 Å². The summed E-state index contributed by atoms with van der Waals surface area (Å²) in [6, 6.07) is 7.00. The van der Waals surface area contributed by atoms with Gasteiger partial charge in [-0.3, -0.25) is 9.36 Å². The van der Waals surface area contributed by atoms with Crippen molar-refractivity contribution in [1.82, 2.24) is 24.7 Å². The molecule has 0 aliphatic rings. The molecule has 3 heterocycles. The van der Waals surface area contributed by atoms with Crippen molar-refractivity contribution >= 4 is 26.8 Å². The maximum atomic E-state index is 13.3. The lowest BCUT2D eigenvalue weighted by Crippen LogP contribution is -2.26. The molecule has 0 fully saturated rings. The van der Waals surface area contributed by atoms with Gasteiger partial charge in [0, 0.05) is 49.0 Å². The van der Waals surface area contributed by atoms with Gasteiger partial charge in [0.2, 0.25) is 17.7 Å². The van der Waals surface area contributed by atoms with E-state index in [-0.39, 0.29) is 23.3 Å². The number of anilines is 1. The van der Waals surface area contributed by atoms with Crippen molar-refractivity contribution in [2.24, 2.45) is 7.05 Å². The molecular formula is C22H24N6O4S. The number of rotatable bonds is 6. The second-order valence-corrected chi connectivity index (χ2v) is 10.4. The molecule has 11 heteroatoms. The van der Waals surface area contributed by atoms with Crippen molar-refractivity contribution in [2.75, 3.05) is 17.3 Å².